The highest BCUT2D eigenvalue weighted by Gasteiger charge is 2.24. The third-order valence-electron chi connectivity index (χ3n) is 3.80. The van der Waals surface area contributed by atoms with E-state index in [1.165, 1.54) is 19.3 Å². The fraction of sp³-hybridized carbons (Fsp3) is 0.471. The van der Waals surface area contributed by atoms with E-state index in [2.05, 4.69) is 22.7 Å². The highest BCUT2D eigenvalue weighted by atomic mass is 16.2. The van der Waals surface area contributed by atoms with E-state index in [1.807, 2.05) is 37.3 Å². The minimum atomic E-state index is -0.332. The smallest absolute Gasteiger partial charge is 0.260 e. The zero-order valence-corrected chi connectivity index (χ0v) is 12.7. The van der Waals surface area contributed by atoms with Crippen molar-refractivity contribution in [2.45, 2.75) is 51.1 Å². The van der Waals surface area contributed by atoms with Gasteiger partial charge in [-0.25, -0.2) is 0 Å². The molecule has 114 valence electrons. The molecule has 3 N–H and O–H groups in total. The lowest BCUT2D eigenvalue weighted by atomic mass is 9.94. The second-order valence-electron chi connectivity index (χ2n) is 5.74. The van der Waals surface area contributed by atoms with Crippen molar-refractivity contribution in [3.05, 3.63) is 48.2 Å². The third-order valence-corrected chi connectivity index (χ3v) is 3.80. The molecule has 1 aliphatic carbocycles. The normalized spacial score (nSPS) is 17.0. The summed E-state index contributed by atoms with van der Waals surface area (Å²) in [7, 11) is 0. The van der Waals surface area contributed by atoms with E-state index in [-0.39, 0.29) is 11.9 Å². The Labute approximate surface area is 127 Å². The lowest BCUT2D eigenvalue weighted by Crippen LogP contribution is -2.46. The van der Waals surface area contributed by atoms with Crippen LogP contribution in [-0.4, -0.2) is 11.9 Å². The quantitative estimate of drug-likeness (QED) is 0.705. The van der Waals surface area contributed by atoms with Crippen LogP contribution in [-0.2, 0) is 4.79 Å². The molecule has 0 bridgehead atoms. The Kier molecular flexibility index (Phi) is 5.81. The molecule has 1 fully saturated rings. The molecule has 0 unspecified atom stereocenters. The Balaban J connectivity index is 2.06. The minimum Gasteiger partial charge on any atom is -0.304 e. The maximum atomic E-state index is 12.4. The van der Waals surface area contributed by atoms with Crippen LogP contribution < -0.4 is 16.2 Å². The van der Waals surface area contributed by atoms with E-state index in [4.69, 9.17) is 0 Å². The van der Waals surface area contributed by atoms with Crippen LogP contribution in [0.4, 0.5) is 0 Å². The van der Waals surface area contributed by atoms with Gasteiger partial charge in [-0.15, -0.1) is 0 Å². The molecule has 0 saturated heterocycles. The monoisotopic (exact) mass is 287 g/mol. The molecule has 1 atom stereocenters. The minimum absolute atomic E-state index is 0.0743. The summed E-state index contributed by atoms with van der Waals surface area (Å²) >= 11 is 0. The van der Waals surface area contributed by atoms with Crippen molar-refractivity contribution in [3.63, 3.8) is 0 Å². The summed E-state index contributed by atoms with van der Waals surface area (Å²) in [4.78, 5) is 12.4. The van der Waals surface area contributed by atoms with Crippen LogP contribution in [0.25, 0.3) is 0 Å². The van der Waals surface area contributed by atoms with E-state index >= 15 is 0 Å². The second-order valence-corrected chi connectivity index (χ2v) is 5.74. The van der Waals surface area contributed by atoms with Crippen LogP contribution in [0.1, 0.15) is 50.6 Å². The highest BCUT2D eigenvalue weighted by Crippen LogP contribution is 2.21. The van der Waals surface area contributed by atoms with Crippen LogP contribution in [0.2, 0.25) is 0 Å². The summed E-state index contributed by atoms with van der Waals surface area (Å²) < 4.78 is 0. The van der Waals surface area contributed by atoms with Gasteiger partial charge in [0.2, 0.25) is 0 Å². The van der Waals surface area contributed by atoms with Gasteiger partial charge in [0.05, 0.1) is 0 Å². The third kappa shape index (κ3) is 4.90. The molecule has 0 aliphatic heterocycles. The van der Waals surface area contributed by atoms with Crippen molar-refractivity contribution >= 4 is 5.91 Å². The molecule has 4 nitrogen and oxygen atoms in total. The summed E-state index contributed by atoms with van der Waals surface area (Å²) in [6, 6.07) is 9.95. The van der Waals surface area contributed by atoms with Crippen LogP contribution in [0.15, 0.2) is 42.6 Å². The maximum Gasteiger partial charge on any atom is 0.260 e. The molecular weight excluding hydrogens is 262 g/mol. The molecule has 21 heavy (non-hydrogen) atoms. The molecular formula is C17H25N3O. The molecule has 1 aliphatic rings. The van der Waals surface area contributed by atoms with Gasteiger partial charge in [0.25, 0.3) is 5.91 Å². The Bertz CT molecular complexity index is 466. The summed E-state index contributed by atoms with van der Waals surface area (Å²) in [6.45, 7) is 5.54. The highest BCUT2D eigenvalue weighted by molar-refractivity contribution is 5.82. The first-order valence-corrected chi connectivity index (χ1v) is 7.69. The zero-order chi connectivity index (χ0) is 15.1. The molecule has 4 heteroatoms. The molecule has 0 heterocycles. The van der Waals surface area contributed by atoms with E-state index in [0.29, 0.717) is 11.7 Å². The number of hydrazine groups is 1. The average Bonchev–Trinajstić information content (AvgIpc) is 2.52. The van der Waals surface area contributed by atoms with Gasteiger partial charge in [0.1, 0.15) is 6.04 Å². The molecule has 0 spiro atoms. The number of hydrogen-bond donors (Lipinski definition) is 3. The summed E-state index contributed by atoms with van der Waals surface area (Å²) in [5.74, 6) is -0.0743. The van der Waals surface area contributed by atoms with E-state index in [9.17, 15) is 4.79 Å². The fourth-order valence-electron chi connectivity index (χ4n) is 2.71. The lowest BCUT2D eigenvalue weighted by molar-refractivity contribution is -0.124. The van der Waals surface area contributed by atoms with Crippen molar-refractivity contribution < 1.29 is 4.79 Å². The first-order valence-electron chi connectivity index (χ1n) is 7.69. The summed E-state index contributed by atoms with van der Waals surface area (Å²) in [5, 5.41) is 3.51. The molecule has 2 rings (SSSR count). The van der Waals surface area contributed by atoms with Gasteiger partial charge < -0.3 is 5.43 Å². The Morgan fingerprint density at radius 3 is 2.43 bits per heavy atom. The van der Waals surface area contributed by atoms with E-state index in [0.717, 1.165) is 18.4 Å². The SMILES string of the molecule is C=C(C)NNC(=O)[C@H](NC1CCCCC1)c1ccccc1. The first kappa shape index (κ1) is 15.6. The number of nitrogens with one attached hydrogen (secondary N) is 3. The van der Waals surface area contributed by atoms with Gasteiger partial charge in [0, 0.05) is 11.7 Å². The number of amides is 1. The van der Waals surface area contributed by atoms with Crippen molar-refractivity contribution in [2.75, 3.05) is 0 Å². The van der Waals surface area contributed by atoms with Gasteiger partial charge >= 0.3 is 0 Å². The van der Waals surface area contributed by atoms with Crippen molar-refractivity contribution in [1.82, 2.24) is 16.2 Å². The topological polar surface area (TPSA) is 53.2 Å². The Hall–Kier alpha value is -1.81. The van der Waals surface area contributed by atoms with Gasteiger partial charge in [-0.05, 0) is 25.3 Å². The predicted octanol–water partition coefficient (Wildman–Crippen LogP) is 2.80. The molecule has 1 aromatic rings. The first-order chi connectivity index (χ1) is 10.2. The molecule has 0 aromatic heterocycles. The number of benzene rings is 1. The largest absolute Gasteiger partial charge is 0.304 e. The van der Waals surface area contributed by atoms with Crippen molar-refractivity contribution in [2.24, 2.45) is 0 Å². The number of carbonyl (C=O) groups is 1. The van der Waals surface area contributed by atoms with E-state index in [1.54, 1.807) is 0 Å². The fourth-order valence-corrected chi connectivity index (χ4v) is 2.71. The lowest BCUT2D eigenvalue weighted by Gasteiger charge is -2.28. The molecule has 1 amide bonds. The van der Waals surface area contributed by atoms with Crippen LogP contribution in [0.3, 0.4) is 0 Å². The second kappa shape index (κ2) is 7.84. The zero-order valence-electron chi connectivity index (χ0n) is 12.7. The van der Waals surface area contributed by atoms with Gasteiger partial charge in [-0.2, -0.15) is 0 Å². The van der Waals surface area contributed by atoms with Gasteiger partial charge in [-0.3, -0.25) is 15.5 Å². The molecule has 0 radical (unpaired) electrons. The summed E-state index contributed by atoms with van der Waals surface area (Å²) in [6.07, 6.45) is 6.07. The summed E-state index contributed by atoms with van der Waals surface area (Å²) in [5.41, 5.74) is 7.22. The number of hydrogen-bond acceptors (Lipinski definition) is 3. The standard InChI is InChI=1S/C17H25N3O/c1-13(2)19-20-17(21)16(14-9-5-3-6-10-14)18-15-11-7-4-8-12-15/h3,5-6,9-10,15-16,18-19H,1,4,7-8,11-12H2,2H3,(H,20,21)/t16-/m1/s1. The molecule has 1 aromatic carbocycles. The van der Waals surface area contributed by atoms with E-state index < -0.39 is 0 Å². The number of carbonyl (C=O) groups excluding carboxylic acids is 1. The predicted molar refractivity (Wildman–Crippen MR) is 85.3 cm³/mol. The van der Waals surface area contributed by atoms with Crippen LogP contribution in [0, 0.1) is 0 Å². The Morgan fingerprint density at radius 1 is 1.14 bits per heavy atom. The number of rotatable bonds is 6. The van der Waals surface area contributed by atoms with Crippen molar-refractivity contribution in [1.29, 1.82) is 0 Å². The maximum absolute atomic E-state index is 12.4. The Morgan fingerprint density at radius 2 is 1.81 bits per heavy atom. The van der Waals surface area contributed by atoms with Crippen LogP contribution in [0.5, 0.6) is 0 Å². The number of allylic oxidation sites excluding steroid dienone is 1. The van der Waals surface area contributed by atoms with Crippen LogP contribution >= 0.6 is 0 Å². The average molecular weight is 287 g/mol. The van der Waals surface area contributed by atoms with Gasteiger partial charge in [-0.1, -0.05) is 56.2 Å². The molecule has 1 saturated carbocycles. The van der Waals surface area contributed by atoms with Crippen molar-refractivity contribution in [3.8, 4) is 0 Å². The van der Waals surface area contributed by atoms with Gasteiger partial charge in [0.15, 0.2) is 0 Å².